The SMILES string of the molecule is CCC(N)Cc1cc(F)cc(OCC(=O)NC)c1. The first-order chi connectivity index (χ1) is 8.55. The van der Waals surface area contributed by atoms with E-state index in [0.29, 0.717) is 12.2 Å². The summed E-state index contributed by atoms with van der Waals surface area (Å²) in [6.07, 6.45) is 1.41. The maximum absolute atomic E-state index is 13.4. The van der Waals surface area contributed by atoms with E-state index in [1.54, 1.807) is 6.07 Å². The molecule has 0 spiro atoms. The van der Waals surface area contributed by atoms with Crippen LogP contribution in [-0.4, -0.2) is 25.6 Å². The molecule has 0 saturated carbocycles. The lowest BCUT2D eigenvalue weighted by atomic mass is 10.0. The number of nitrogens with one attached hydrogen (secondary N) is 1. The van der Waals surface area contributed by atoms with Crippen LogP contribution in [0.3, 0.4) is 0 Å². The van der Waals surface area contributed by atoms with E-state index in [1.165, 1.54) is 19.2 Å². The monoisotopic (exact) mass is 254 g/mol. The Hall–Kier alpha value is -1.62. The highest BCUT2D eigenvalue weighted by molar-refractivity contribution is 5.77. The van der Waals surface area contributed by atoms with E-state index in [2.05, 4.69) is 5.32 Å². The summed E-state index contributed by atoms with van der Waals surface area (Å²) in [7, 11) is 1.52. The number of carbonyl (C=O) groups is 1. The van der Waals surface area contributed by atoms with E-state index in [-0.39, 0.29) is 24.4 Å². The van der Waals surface area contributed by atoms with Gasteiger partial charge in [0.1, 0.15) is 11.6 Å². The Kier molecular flexibility index (Phi) is 5.58. The average Bonchev–Trinajstić information content (AvgIpc) is 2.35. The second-order valence-corrected chi connectivity index (χ2v) is 4.13. The molecule has 4 nitrogen and oxygen atoms in total. The van der Waals surface area contributed by atoms with Gasteiger partial charge in [-0.05, 0) is 30.5 Å². The van der Waals surface area contributed by atoms with Crippen LogP contribution in [0.5, 0.6) is 5.75 Å². The average molecular weight is 254 g/mol. The minimum Gasteiger partial charge on any atom is -0.484 e. The normalized spacial score (nSPS) is 12.0. The Labute approximate surface area is 106 Å². The second kappa shape index (κ2) is 6.96. The molecule has 1 aromatic carbocycles. The molecule has 0 aliphatic heterocycles. The van der Waals surface area contributed by atoms with Gasteiger partial charge in [0, 0.05) is 19.2 Å². The fourth-order valence-corrected chi connectivity index (χ4v) is 1.49. The number of amides is 1. The Morgan fingerprint density at radius 3 is 2.83 bits per heavy atom. The zero-order valence-electron chi connectivity index (χ0n) is 10.7. The minimum atomic E-state index is -0.386. The molecule has 1 rings (SSSR count). The van der Waals surface area contributed by atoms with Crippen molar-refractivity contribution in [3.05, 3.63) is 29.6 Å². The lowest BCUT2D eigenvalue weighted by Gasteiger charge is -2.11. The molecule has 1 unspecified atom stereocenters. The van der Waals surface area contributed by atoms with E-state index in [4.69, 9.17) is 10.5 Å². The maximum Gasteiger partial charge on any atom is 0.257 e. The first kappa shape index (κ1) is 14.4. The maximum atomic E-state index is 13.4. The summed E-state index contributed by atoms with van der Waals surface area (Å²) in [6.45, 7) is 1.85. The smallest absolute Gasteiger partial charge is 0.257 e. The highest BCUT2D eigenvalue weighted by Gasteiger charge is 2.07. The van der Waals surface area contributed by atoms with Crippen LogP contribution in [0.25, 0.3) is 0 Å². The van der Waals surface area contributed by atoms with Crippen LogP contribution in [0.15, 0.2) is 18.2 Å². The van der Waals surface area contributed by atoms with Crippen molar-refractivity contribution in [2.24, 2.45) is 5.73 Å². The van der Waals surface area contributed by atoms with Gasteiger partial charge < -0.3 is 15.8 Å². The molecule has 0 fully saturated rings. The Morgan fingerprint density at radius 2 is 2.22 bits per heavy atom. The van der Waals surface area contributed by atoms with Crippen molar-refractivity contribution in [2.45, 2.75) is 25.8 Å². The van der Waals surface area contributed by atoms with Gasteiger partial charge in [-0.25, -0.2) is 4.39 Å². The van der Waals surface area contributed by atoms with Crippen LogP contribution in [0, 0.1) is 5.82 Å². The lowest BCUT2D eigenvalue weighted by Crippen LogP contribution is -2.25. The summed E-state index contributed by atoms with van der Waals surface area (Å²) >= 11 is 0. The zero-order valence-corrected chi connectivity index (χ0v) is 10.7. The largest absolute Gasteiger partial charge is 0.484 e. The highest BCUT2D eigenvalue weighted by atomic mass is 19.1. The molecule has 0 heterocycles. The standard InChI is InChI=1S/C13H19FN2O2/c1-3-11(15)5-9-4-10(14)7-12(6-9)18-8-13(17)16-2/h4,6-7,11H,3,5,8,15H2,1-2H3,(H,16,17). The number of nitrogens with two attached hydrogens (primary N) is 1. The first-order valence-corrected chi connectivity index (χ1v) is 5.93. The molecule has 100 valence electrons. The van der Waals surface area contributed by atoms with Crippen molar-refractivity contribution < 1.29 is 13.9 Å². The number of halogens is 1. The third kappa shape index (κ3) is 4.71. The summed E-state index contributed by atoms with van der Waals surface area (Å²) in [5.74, 6) is -0.300. The summed E-state index contributed by atoms with van der Waals surface area (Å²) in [6, 6.07) is 4.40. The van der Waals surface area contributed by atoms with Crippen molar-refractivity contribution >= 4 is 5.91 Å². The van der Waals surface area contributed by atoms with Crippen LogP contribution in [0.1, 0.15) is 18.9 Å². The van der Waals surface area contributed by atoms with Crippen molar-refractivity contribution in [1.82, 2.24) is 5.32 Å². The Bertz CT molecular complexity index is 410. The molecule has 1 atom stereocenters. The molecular formula is C13H19FN2O2. The summed E-state index contributed by atoms with van der Waals surface area (Å²) in [4.78, 5) is 11.0. The van der Waals surface area contributed by atoms with Gasteiger partial charge in [-0.15, -0.1) is 0 Å². The number of likely N-dealkylation sites (N-methyl/N-ethyl adjacent to an activating group) is 1. The zero-order chi connectivity index (χ0) is 13.5. The molecule has 18 heavy (non-hydrogen) atoms. The van der Waals surface area contributed by atoms with Crippen LogP contribution < -0.4 is 15.8 Å². The van der Waals surface area contributed by atoms with E-state index >= 15 is 0 Å². The molecule has 0 aliphatic rings. The first-order valence-electron chi connectivity index (χ1n) is 5.93. The van der Waals surface area contributed by atoms with Crippen LogP contribution >= 0.6 is 0 Å². The van der Waals surface area contributed by atoms with Crippen molar-refractivity contribution in [2.75, 3.05) is 13.7 Å². The van der Waals surface area contributed by atoms with Gasteiger partial charge >= 0.3 is 0 Å². The van der Waals surface area contributed by atoms with Crippen LogP contribution in [-0.2, 0) is 11.2 Å². The molecule has 0 saturated heterocycles. The van der Waals surface area contributed by atoms with Crippen molar-refractivity contribution in [1.29, 1.82) is 0 Å². The van der Waals surface area contributed by atoms with E-state index in [0.717, 1.165) is 12.0 Å². The predicted octanol–water partition coefficient (Wildman–Crippen LogP) is 1.23. The predicted molar refractivity (Wildman–Crippen MR) is 67.9 cm³/mol. The molecule has 3 N–H and O–H groups in total. The molecule has 0 aromatic heterocycles. The quantitative estimate of drug-likeness (QED) is 0.802. The third-order valence-corrected chi connectivity index (χ3v) is 2.60. The summed E-state index contributed by atoms with van der Waals surface area (Å²) < 4.78 is 18.6. The number of hydrogen-bond acceptors (Lipinski definition) is 3. The van der Waals surface area contributed by atoms with E-state index in [1.807, 2.05) is 6.92 Å². The second-order valence-electron chi connectivity index (χ2n) is 4.13. The van der Waals surface area contributed by atoms with Gasteiger partial charge in [-0.2, -0.15) is 0 Å². The van der Waals surface area contributed by atoms with E-state index < -0.39 is 0 Å². The molecule has 1 amide bonds. The molecule has 5 heteroatoms. The lowest BCUT2D eigenvalue weighted by molar-refractivity contribution is -0.122. The van der Waals surface area contributed by atoms with Gasteiger partial charge in [0.25, 0.3) is 5.91 Å². The molecule has 0 aliphatic carbocycles. The molecule has 1 aromatic rings. The number of carbonyl (C=O) groups excluding carboxylic acids is 1. The fraction of sp³-hybridized carbons (Fsp3) is 0.462. The number of rotatable bonds is 6. The Balaban J connectivity index is 2.71. The number of hydrogen-bond donors (Lipinski definition) is 2. The van der Waals surface area contributed by atoms with Crippen LogP contribution in [0.2, 0.25) is 0 Å². The van der Waals surface area contributed by atoms with Gasteiger partial charge in [0.2, 0.25) is 0 Å². The number of ether oxygens (including phenoxy) is 1. The van der Waals surface area contributed by atoms with E-state index in [9.17, 15) is 9.18 Å². The molecule has 0 radical (unpaired) electrons. The minimum absolute atomic E-state index is 0.00131. The molecular weight excluding hydrogens is 235 g/mol. The van der Waals surface area contributed by atoms with Gasteiger partial charge in [0.05, 0.1) is 0 Å². The summed E-state index contributed by atoms with van der Waals surface area (Å²) in [5, 5.41) is 2.43. The van der Waals surface area contributed by atoms with Gasteiger partial charge in [0.15, 0.2) is 6.61 Å². The van der Waals surface area contributed by atoms with Crippen molar-refractivity contribution in [3.8, 4) is 5.75 Å². The summed E-state index contributed by atoms with van der Waals surface area (Å²) in [5.41, 5.74) is 6.60. The van der Waals surface area contributed by atoms with Crippen LogP contribution in [0.4, 0.5) is 4.39 Å². The van der Waals surface area contributed by atoms with Gasteiger partial charge in [-0.3, -0.25) is 4.79 Å². The molecule has 0 bridgehead atoms. The third-order valence-electron chi connectivity index (χ3n) is 2.60. The van der Waals surface area contributed by atoms with Crippen molar-refractivity contribution in [3.63, 3.8) is 0 Å². The number of benzene rings is 1. The topological polar surface area (TPSA) is 64.3 Å². The fourth-order valence-electron chi connectivity index (χ4n) is 1.49. The Morgan fingerprint density at radius 1 is 1.50 bits per heavy atom. The highest BCUT2D eigenvalue weighted by Crippen LogP contribution is 2.17. The van der Waals surface area contributed by atoms with Gasteiger partial charge in [-0.1, -0.05) is 6.92 Å².